The highest BCUT2D eigenvalue weighted by Gasteiger charge is 2.28. The van der Waals surface area contributed by atoms with Crippen molar-refractivity contribution in [1.29, 1.82) is 0 Å². The summed E-state index contributed by atoms with van der Waals surface area (Å²) in [5.41, 5.74) is 2.18. The predicted molar refractivity (Wildman–Crippen MR) is 71.8 cm³/mol. The van der Waals surface area contributed by atoms with Gasteiger partial charge in [-0.3, -0.25) is 15.1 Å². The maximum Gasteiger partial charge on any atom is 0.233 e. The Balaban J connectivity index is 1.61. The average molecular weight is 254 g/mol. The number of nitrogens with one attached hydrogen (secondary N) is 1. The fourth-order valence-electron chi connectivity index (χ4n) is 3.12. The number of nitrogens with two attached hydrogens (primary N) is 1. The summed E-state index contributed by atoms with van der Waals surface area (Å²) in [5.74, 6) is 5.01. The molecule has 0 saturated carbocycles. The number of nitrogens with zero attached hydrogens (tertiary/aromatic N) is 2. The number of hydrogen-bond acceptors (Lipinski definition) is 4. The Morgan fingerprint density at radius 3 is 2.94 bits per heavy atom. The summed E-state index contributed by atoms with van der Waals surface area (Å²) >= 11 is 0. The zero-order valence-corrected chi connectivity index (χ0v) is 11.2. The first-order chi connectivity index (χ1) is 8.79. The van der Waals surface area contributed by atoms with Crippen LogP contribution in [0, 0.1) is 0 Å². The minimum Gasteiger partial charge on any atom is -0.301 e. The van der Waals surface area contributed by atoms with Crippen molar-refractivity contribution in [2.45, 2.75) is 44.6 Å². The highest BCUT2D eigenvalue weighted by Crippen LogP contribution is 2.21. The van der Waals surface area contributed by atoms with Gasteiger partial charge in [-0.15, -0.1) is 0 Å². The molecule has 18 heavy (non-hydrogen) atoms. The van der Waals surface area contributed by atoms with Crippen molar-refractivity contribution in [3.05, 3.63) is 0 Å². The Labute approximate surface area is 110 Å². The molecule has 1 unspecified atom stereocenters. The number of carbonyl (C=O) groups excluding carboxylic acids is 1. The normalized spacial score (nSPS) is 25.7. The molecule has 2 rings (SSSR count). The zero-order valence-electron chi connectivity index (χ0n) is 11.2. The number of piperidine rings is 1. The minimum atomic E-state index is -0.0490. The maximum absolute atomic E-state index is 11.0. The third kappa shape index (κ3) is 3.93. The van der Waals surface area contributed by atoms with Gasteiger partial charge in [0.15, 0.2) is 0 Å². The molecule has 0 bridgehead atoms. The number of carbonyl (C=O) groups is 1. The van der Waals surface area contributed by atoms with Crippen molar-refractivity contribution in [1.82, 2.24) is 15.2 Å². The standard InChI is InChI=1S/C13H26N4O/c14-15-13(18)6-2-3-7-16-9-10-17-8-4-1-5-12(17)11-16/h12H,1-11,14H2,(H,15,18). The summed E-state index contributed by atoms with van der Waals surface area (Å²) in [6.45, 7) is 6.08. The van der Waals surface area contributed by atoms with Crippen LogP contribution in [0.1, 0.15) is 38.5 Å². The first kappa shape index (κ1) is 13.8. The van der Waals surface area contributed by atoms with Gasteiger partial charge in [-0.1, -0.05) is 6.42 Å². The summed E-state index contributed by atoms with van der Waals surface area (Å²) in [7, 11) is 0. The van der Waals surface area contributed by atoms with Gasteiger partial charge >= 0.3 is 0 Å². The molecule has 2 heterocycles. The lowest BCUT2D eigenvalue weighted by Gasteiger charge is -2.44. The quantitative estimate of drug-likeness (QED) is 0.321. The lowest BCUT2D eigenvalue weighted by Crippen LogP contribution is -2.54. The van der Waals surface area contributed by atoms with E-state index in [4.69, 9.17) is 5.84 Å². The van der Waals surface area contributed by atoms with E-state index in [2.05, 4.69) is 15.2 Å². The average Bonchev–Trinajstić information content (AvgIpc) is 2.43. The van der Waals surface area contributed by atoms with Crippen LogP contribution in [0.25, 0.3) is 0 Å². The van der Waals surface area contributed by atoms with Gasteiger partial charge < -0.3 is 4.90 Å². The maximum atomic E-state index is 11.0. The highest BCUT2D eigenvalue weighted by atomic mass is 16.2. The van der Waals surface area contributed by atoms with Gasteiger partial charge in [-0.05, 0) is 38.8 Å². The first-order valence-corrected chi connectivity index (χ1v) is 7.25. The summed E-state index contributed by atoms with van der Waals surface area (Å²) < 4.78 is 0. The van der Waals surface area contributed by atoms with E-state index in [9.17, 15) is 4.79 Å². The molecule has 0 aliphatic carbocycles. The number of amides is 1. The van der Waals surface area contributed by atoms with Crippen LogP contribution in [-0.2, 0) is 4.79 Å². The molecule has 2 saturated heterocycles. The Hall–Kier alpha value is -0.650. The summed E-state index contributed by atoms with van der Waals surface area (Å²) in [5, 5.41) is 0. The van der Waals surface area contributed by atoms with Crippen LogP contribution >= 0.6 is 0 Å². The minimum absolute atomic E-state index is 0.0490. The van der Waals surface area contributed by atoms with Crippen LogP contribution in [0.2, 0.25) is 0 Å². The van der Waals surface area contributed by atoms with E-state index in [1.807, 2.05) is 0 Å². The topological polar surface area (TPSA) is 61.6 Å². The van der Waals surface area contributed by atoms with Crippen molar-refractivity contribution >= 4 is 5.91 Å². The van der Waals surface area contributed by atoms with Gasteiger partial charge in [0.25, 0.3) is 0 Å². The number of piperazine rings is 1. The lowest BCUT2D eigenvalue weighted by atomic mass is 9.99. The van der Waals surface area contributed by atoms with Crippen LogP contribution in [0.3, 0.4) is 0 Å². The molecule has 2 aliphatic heterocycles. The first-order valence-electron chi connectivity index (χ1n) is 7.25. The molecule has 2 fully saturated rings. The second kappa shape index (κ2) is 7.07. The molecule has 0 aromatic heterocycles. The van der Waals surface area contributed by atoms with Crippen molar-refractivity contribution in [2.24, 2.45) is 5.84 Å². The number of fused-ring (bicyclic) bond motifs is 1. The van der Waals surface area contributed by atoms with Crippen LogP contribution in [-0.4, -0.2) is 54.5 Å². The second-order valence-electron chi connectivity index (χ2n) is 5.51. The molecule has 1 amide bonds. The summed E-state index contributed by atoms with van der Waals surface area (Å²) in [6.07, 6.45) is 6.73. The number of unbranched alkanes of at least 4 members (excludes halogenated alkanes) is 1. The summed E-state index contributed by atoms with van der Waals surface area (Å²) in [4.78, 5) is 16.2. The molecule has 0 radical (unpaired) electrons. The highest BCUT2D eigenvalue weighted by molar-refractivity contribution is 5.75. The fourth-order valence-corrected chi connectivity index (χ4v) is 3.12. The van der Waals surface area contributed by atoms with Crippen LogP contribution < -0.4 is 11.3 Å². The fraction of sp³-hybridized carbons (Fsp3) is 0.923. The molecule has 0 spiro atoms. The van der Waals surface area contributed by atoms with E-state index in [1.165, 1.54) is 45.4 Å². The smallest absolute Gasteiger partial charge is 0.233 e. The van der Waals surface area contributed by atoms with Crippen molar-refractivity contribution < 1.29 is 4.79 Å². The Morgan fingerprint density at radius 2 is 2.11 bits per heavy atom. The molecule has 2 aliphatic rings. The van der Waals surface area contributed by atoms with Crippen molar-refractivity contribution in [3.8, 4) is 0 Å². The van der Waals surface area contributed by atoms with Crippen LogP contribution in [0.15, 0.2) is 0 Å². The van der Waals surface area contributed by atoms with Crippen LogP contribution in [0.4, 0.5) is 0 Å². The number of hydrogen-bond donors (Lipinski definition) is 2. The largest absolute Gasteiger partial charge is 0.301 e. The predicted octanol–water partition coefficient (Wildman–Crippen LogP) is 0.317. The van der Waals surface area contributed by atoms with E-state index < -0.39 is 0 Å². The molecule has 0 aromatic carbocycles. The number of rotatable bonds is 5. The van der Waals surface area contributed by atoms with Gasteiger partial charge in [0.05, 0.1) is 0 Å². The molecule has 0 aromatic rings. The van der Waals surface area contributed by atoms with Gasteiger partial charge in [0.1, 0.15) is 0 Å². The molecule has 5 heteroatoms. The Kier molecular flexibility index (Phi) is 5.41. The number of hydrazine groups is 1. The second-order valence-corrected chi connectivity index (χ2v) is 5.51. The molecule has 5 nitrogen and oxygen atoms in total. The molecule has 1 atom stereocenters. The third-order valence-corrected chi connectivity index (χ3v) is 4.21. The van der Waals surface area contributed by atoms with E-state index in [1.54, 1.807) is 0 Å². The SMILES string of the molecule is NNC(=O)CCCCN1CCN2CCCCC2C1. The van der Waals surface area contributed by atoms with Gasteiger partial charge in [0.2, 0.25) is 5.91 Å². The Morgan fingerprint density at radius 1 is 1.22 bits per heavy atom. The van der Waals surface area contributed by atoms with E-state index in [0.717, 1.165) is 25.4 Å². The lowest BCUT2D eigenvalue weighted by molar-refractivity contribution is -0.121. The van der Waals surface area contributed by atoms with Crippen LogP contribution in [0.5, 0.6) is 0 Å². The third-order valence-electron chi connectivity index (χ3n) is 4.21. The monoisotopic (exact) mass is 254 g/mol. The van der Waals surface area contributed by atoms with Crippen molar-refractivity contribution in [3.63, 3.8) is 0 Å². The molecular formula is C13H26N4O. The van der Waals surface area contributed by atoms with Gasteiger partial charge in [-0.2, -0.15) is 0 Å². The van der Waals surface area contributed by atoms with E-state index in [-0.39, 0.29) is 5.91 Å². The van der Waals surface area contributed by atoms with Gasteiger partial charge in [-0.25, -0.2) is 5.84 Å². The van der Waals surface area contributed by atoms with E-state index >= 15 is 0 Å². The molecule has 3 N–H and O–H groups in total. The zero-order chi connectivity index (χ0) is 12.8. The van der Waals surface area contributed by atoms with Gasteiger partial charge in [0, 0.05) is 32.1 Å². The summed E-state index contributed by atoms with van der Waals surface area (Å²) in [6, 6.07) is 0.792. The van der Waals surface area contributed by atoms with Crippen molar-refractivity contribution in [2.75, 3.05) is 32.7 Å². The Bertz CT molecular complexity index is 272. The molecule has 104 valence electrons. The van der Waals surface area contributed by atoms with E-state index in [0.29, 0.717) is 6.42 Å². The molecular weight excluding hydrogens is 228 g/mol.